The number of carbonyl (C=O) groups is 1. The van der Waals surface area contributed by atoms with Crippen molar-refractivity contribution >= 4 is 43.6 Å². The summed E-state index contributed by atoms with van der Waals surface area (Å²) in [4.78, 5) is 16.0. The first kappa shape index (κ1) is 20.9. The Kier molecular flexibility index (Phi) is 6.92. The minimum atomic E-state index is -3.65. The van der Waals surface area contributed by atoms with Crippen LogP contribution in [0.25, 0.3) is 6.08 Å². The maximum Gasteiger partial charge on any atom is 0.248 e. The molecule has 0 saturated heterocycles. The zero-order valence-electron chi connectivity index (χ0n) is 15.2. The lowest BCUT2D eigenvalue weighted by Crippen LogP contribution is -2.23. The minimum absolute atomic E-state index is 0.125. The Morgan fingerprint density at radius 2 is 1.62 bits per heavy atom. The molecule has 0 bridgehead atoms. The van der Waals surface area contributed by atoms with Gasteiger partial charge in [-0.2, -0.15) is 0 Å². The van der Waals surface area contributed by atoms with E-state index in [1.165, 1.54) is 18.2 Å². The SMILES string of the molecule is O=C(/C=C/c1ccncc1)Nc1ccc(S(=O)(=O)NCc2ccc(Br)cc2)cc1. The number of rotatable bonds is 7. The molecule has 0 spiro atoms. The molecule has 0 fully saturated rings. The molecule has 0 aliphatic rings. The largest absolute Gasteiger partial charge is 0.323 e. The van der Waals surface area contributed by atoms with Gasteiger partial charge in [-0.15, -0.1) is 0 Å². The van der Waals surface area contributed by atoms with Crippen LogP contribution in [-0.4, -0.2) is 19.3 Å². The van der Waals surface area contributed by atoms with Crippen LogP contribution in [0.15, 0.2) is 88.5 Å². The monoisotopic (exact) mass is 471 g/mol. The number of nitrogens with zero attached hydrogens (tertiary/aromatic N) is 1. The standard InChI is InChI=1S/C21H18BrN3O3S/c22-18-4-1-17(2-5-18)15-24-29(27,28)20-8-6-19(7-9-20)25-21(26)10-3-16-11-13-23-14-12-16/h1-14,24H,15H2,(H,25,26)/b10-3+. The van der Waals surface area contributed by atoms with Crippen LogP contribution in [0.4, 0.5) is 5.69 Å². The number of amides is 1. The van der Waals surface area contributed by atoms with Crippen LogP contribution in [0.2, 0.25) is 0 Å². The van der Waals surface area contributed by atoms with E-state index in [9.17, 15) is 13.2 Å². The average Bonchev–Trinajstić information content (AvgIpc) is 2.73. The molecule has 0 saturated carbocycles. The van der Waals surface area contributed by atoms with Crippen LogP contribution in [0, 0.1) is 0 Å². The molecule has 3 rings (SSSR count). The van der Waals surface area contributed by atoms with Gasteiger partial charge < -0.3 is 5.32 Å². The number of nitrogens with one attached hydrogen (secondary N) is 2. The predicted molar refractivity (Wildman–Crippen MR) is 117 cm³/mol. The van der Waals surface area contributed by atoms with Crippen molar-refractivity contribution in [2.45, 2.75) is 11.4 Å². The molecule has 1 heterocycles. The van der Waals surface area contributed by atoms with E-state index < -0.39 is 10.0 Å². The molecule has 0 atom stereocenters. The first-order valence-electron chi connectivity index (χ1n) is 8.66. The summed E-state index contributed by atoms with van der Waals surface area (Å²) in [5.74, 6) is -0.314. The van der Waals surface area contributed by atoms with Gasteiger partial charge in [-0.3, -0.25) is 9.78 Å². The summed E-state index contributed by atoms with van der Waals surface area (Å²) in [6.07, 6.45) is 6.35. The lowest BCUT2D eigenvalue weighted by molar-refractivity contribution is -0.111. The summed E-state index contributed by atoms with van der Waals surface area (Å²) in [6.45, 7) is 0.188. The highest BCUT2D eigenvalue weighted by Crippen LogP contribution is 2.15. The quantitative estimate of drug-likeness (QED) is 0.510. The first-order chi connectivity index (χ1) is 13.9. The van der Waals surface area contributed by atoms with Gasteiger partial charge in [0.25, 0.3) is 0 Å². The van der Waals surface area contributed by atoms with Gasteiger partial charge in [0.2, 0.25) is 15.9 Å². The van der Waals surface area contributed by atoms with Crippen molar-refractivity contribution in [2.24, 2.45) is 0 Å². The normalized spacial score (nSPS) is 11.5. The maximum atomic E-state index is 12.4. The zero-order chi connectivity index (χ0) is 20.7. The van der Waals surface area contributed by atoms with E-state index in [1.54, 1.807) is 42.7 Å². The molecule has 3 aromatic rings. The summed E-state index contributed by atoms with van der Waals surface area (Å²) < 4.78 is 28.4. The van der Waals surface area contributed by atoms with E-state index in [2.05, 4.69) is 31.0 Å². The molecule has 2 N–H and O–H groups in total. The van der Waals surface area contributed by atoms with Gasteiger partial charge in [0.1, 0.15) is 0 Å². The fourth-order valence-electron chi connectivity index (χ4n) is 2.41. The van der Waals surface area contributed by atoms with Gasteiger partial charge in [-0.25, -0.2) is 13.1 Å². The number of carbonyl (C=O) groups excluding carboxylic acids is 1. The molecule has 148 valence electrons. The van der Waals surface area contributed by atoms with Crippen LogP contribution in [0.5, 0.6) is 0 Å². The fraction of sp³-hybridized carbons (Fsp3) is 0.0476. The Labute approximate surface area is 177 Å². The Balaban J connectivity index is 1.59. The number of sulfonamides is 1. The van der Waals surface area contributed by atoms with E-state index >= 15 is 0 Å². The molecular formula is C21H18BrN3O3S. The maximum absolute atomic E-state index is 12.4. The molecule has 1 aromatic heterocycles. The van der Waals surface area contributed by atoms with E-state index in [4.69, 9.17) is 0 Å². The van der Waals surface area contributed by atoms with Crippen LogP contribution in [0.1, 0.15) is 11.1 Å². The van der Waals surface area contributed by atoms with Gasteiger partial charge >= 0.3 is 0 Å². The molecule has 0 unspecified atom stereocenters. The van der Waals surface area contributed by atoms with Gasteiger partial charge in [-0.1, -0.05) is 28.1 Å². The van der Waals surface area contributed by atoms with Crippen molar-refractivity contribution in [3.05, 3.63) is 94.7 Å². The number of halogens is 1. The minimum Gasteiger partial charge on any atom is -0.323 e. The topological polar surface area (TPSA) is 88.2 Å². The molecule has 0 aliphatic carbocycles. The van der Waals surface area contributed by atoms with Crippen molar-refractivity contribution < 1.29 is 13.2 Å². The number of hydrogen-bond acceptors (Lipinski definition) is 4. The van der Waals surface area contributed by atoms with E-state index in [-0.39, 0.29) is 17.3 Å². The van der Waals surface area contributed by atoms with Crippen LogP contribution < -0.4 is 10.0 Å². The second-order valence-electron chi connectivity index (χ2n) is 6.08. The third-order valence-corrected chi connectivity index (χ3v) is 5.89. The summed E-state index contributed by atoms with van der Waals surface area (Å²) in [5, 5.41) is 2.69. The molecule has 1 amide bonds. The summed E-state index contributed by atoms with van der Waals surface area (Å²) >= 11 is 3.34. The number of pyridine rings is 1. The number of hydrogen-bond donors (Lipinski definition) is 2. The summed E-state index contributed by atoms with van der Waals surface area (Å²) in [6, 6.07) is 16.9. The number of benzene rings is 2. The van der Waals surface area contributed by atoms with Gasteiger partial charge in [0.15, 0.2) is 0 Å². The second kappa shape index (κ2) is 9.60. The van der Waals surface area contributed by atoms with E-state index in [0.717, 1.165) is 15.6 Å². The van der Waals surface area contributed by atoms with Crippen molar-refractivity contribution in [3.63, 3.8) is 0 Å². The van der Waals surface area contributed by atoms with Crippen molar-refractivity contribution in [1.82, 2.24) is 9.71 Å². The zero-order valence-corrected chi connectivity index (χ0v) is 17.7. The Morgan fingerprint density at radius 3 is 2.28 bits per heavy atom. The first-order valence-corrected chi connectivity index (χ1v) is 10.9. The van der Waals surface area contributed by atoms with E-state index in [1.807, 2.05) is 24.3 Å². The number of anilines is 1. The summed E-state index contributed by atoms with van der Waals surface area (Å²) in [7, 11) is -3.65. The van der Waals surface area contributed by atoms with Crippen molar-refractivity contribution in [2.75, 3.05) is 5.32 Å². The Bertz CT molecular complexity index is 1100. The summed E-state index contributed by atoms with van der Waals surface area (Å²) in [5.41, 5.74) is 2.20. The highest BCUT2D eigenvalue weighted by atomic mass is 79.9. The molecule has 29 heavy (non-hydrogen) atoms. The average molecular weight is 472 g/mol. The van der Waals surface area contributed by atoms with E-state index in [0.29, 0.717) is 5.69 Å². The van der Waals surface area contributed by atoms with Crippen LogP contribution in [-0.2, 0) is 21.4 Å². The smallest absolute Gasteiger partial charge is 0.248 e. The molecule has 0 radical (unpaired) electrons. The van der Waals surface area contributed by atoms with Gasteiger partial charge in [0.05, 0.1) is 4.90 Å². The fourth-order valence-corrected chi connectivity index (χ4v) is 3.69. The predicted octanol–water partition coefficient (Wildman–Crippen LogP) is 3.97. The highest BCUT2D eigenvalue weighted by Gasteiger charge is 2.13. The van der Waals surface area contributed by atoms with Crippen LogP contribution in [0.3, 0.4) is 0 Å². The second-order valence-corrected chi connectivity index (χ2v) is 8.76. The Hall–Kier alpha value is -2.81. The van der Waals surface area contributed by atoms with Crippen molar-refractivity contribution in [3.8, 4) is 0 Å². The lowest BCUT2D eigenvalue weighted by atomic mass is 10.2. The Morgan fingerprint density at radius 1 is 0.966 bits per heavy atom. The van der Waals surface area contributed by atoms with Gasteiger partial charge in [0, 0.05) is 35.2 Å². The van der Waals surface area contributed by atoms with Crippen LogP contribution >= 0.6 is 15.9 Å². The molecule has 0 aliphatic heterocycles. The molecule has 8 heteroatoms. The molecule has 6 nitrogen and oxygen atoms in total. The number of aromatic nitrogens is 1. The molecule has 2 aromatic carbocycles. The van der Waals surface area contributed by atoms with Crippen molar-refractivity contribution in [1.29, 1.82) is 0 Å². The van der Waals surface area contributed by atoms with Gasteiger partial charge in [-0.05, 0) is 65.7 Å². The molecular weight excluding hydrogens is 454 g/mol. The third kappa shape index (κ3) is 6.35. The third-order valence-electron chi connectivity index (χ3n) is 3.94. The lowest BCUT2D eigenvalue weighted by Gasteiger charge is -2.08. The highest BCUT2D eigenvalue weighted by molar-refractivity contribution is 9.10.